The highest BCUT2D eigenvalue weighted by molar-refractivity contribution is 14.1. The Kier molecular flexibility index (Phi) is 8.35. The molecule has 0 spiro atoms. The van der Waals surface area contributed by atoms with Crippen LogP contribution in [-0.4, -0.2) is 31.6 Å². The van der Waals surface area contributed by atoms with E-state index in [1.807, 2.05) is 46.9 Å². The summed E-state index contributed by atoms with van der Waals surface area (Å²) in [7, 11) is -2.77. The van der Waals surface area contributed by atoms with Gasteiger partial charge in [0.25, 0.3) is 11.1 Å². The Morgan fingerprint density at radius 3 is 2.39 bits per heavy atom. The Morgan fingerprint density at radius 1 is 1.08 bits per heavy atom. The summed E-state index contributed by atoms with van der Waals surface area (Å²) in [5, 5.41) is 0.0246. The first-order valence-corrected chi connectivity index (χ1v) is 14.6. The maximum atomic E-state index is 12.9. The first-order valence-electron chi connectivity index (χ1n) is 10.1. The van der Waals surface area contributed by atoms with Crippen LogP contribution in [0.4, 0.5) is 4.79 Å². The summed E-state index contributed by atoms with van der Waals surface area (Å²) in [4.78, 5) is 26.8. The third-order valence-corrected chi connectivity index (χ3v) is 8.70. The number of hydrogen-bond acceptors (Lipinski definition) is 7. The molecule has 1 aliphatic heterocycles. The van der Waals surface area contributed by atoms with Gasteiger partial charge in [0.1, 0.15) is 4.90 Å². The van der Waals surface area contributed by atoms with Crippen molar-refractivity contribution in [2.24, 2.45) is 0 Å². The van der Waals surface area contributed by atoms with E-state index in [0.29, 0.717) is 14.2 Å². The number of amides is 2. The van der Waals surface area contributed by atoms with E-state index in [4.69, 9.17) is 20.5 Å². The Balaban J connectivity index is 1.59. The van der Waals surface area contributed by atoms with Crippen molar-refractivity contribution >= 4 is 89.2 Å². The number of carbonyl (C=O) groups excluding carboxylic acids is 2. The van der Waals surface area contributed by atoms with Crippen molar-refractivity contribution < 1.29 is 26.9 Å². The highest BCUT2D eigenvalue weighted by Crippen LogP contribution is 2.39. The minimum absolute atomic E-state index is 0.00791. The predicted molar refractivity (Wildman–Crippen MR) is 151 cm³/mol. The highest BCUT2D eigenvalue weighted by atomic mass is 127. The molecule has 7 nitrogen and oxygen atoms in total. The number of ether oxygens (including phenoxy) is 1. The summed E-state index contributed by atoms with van der Waals surface area (Å²) in [6.07, 6.45) is 1.56. The lowest BCUT2D eigenvalue weighted by Crippen LogP contribution is -2.27. The maximum absolute atomic E-state index is 12.9. The van der Waals surface area contributed by atoms with Gasteiger partial charge in [-0.15, -0.1) is 0 Å². The first-order chi connectivity index (χ1) is 17.1. The van der Waals surface area contributed by atoms with Gasteiger partial charge in [0, 0.05) is 9.50 Å². The Hall–Kier alpha value is -2.06. The van der Waals surface area contributed by atoms with Gasteiger partial charge in [0.2, 0.25) is 0 Å². The van der Waals surface area contributed by atoms with Gasteiger partial charge < -0.3 is 8.92 Å². The minimum atomic E-state index is -4.15. The monoisotopic (exact) mass is 719 g/mol. The third kappa shape index (κ3) is 6.08. The van der Waals surface area contributed by atoms with Crippen molar-refractivity contribution in [1.29, 1.82) is 0 Å². The summed E-state index contributed by atoms with van der Waals surface area (Å²) in [6.45, 7) is 0.158. The molecule has 0 atom stereocenters. The van der Waals surface area contributed by atoms with Gasteiger partial charge >= 0.3 is 10.1 Å². The minimum Gasteiger partial charge on any atom is -0.493 e. The molecular formula is C24H16BrClINO6S2. The molecule has 1 fully saturated rings. The fraction of sp³-hybridized carbons (Fsp3) is 0.0833. The molecule has 186 valence electrons. The van der Waals surface area contributed by atoms with Gasteiger partial charge in [-0.25, -0.2) is 0 Å². The number of halogens is 3. The largest absolute Gasteiger partial charge is 0.493 e. The van der Waals surface area contributed by atoms with Crippen LogP contribution in [0.3, 0.4) is 0 Å². The number of rotatable bonds is 7. The van der Waals surface area contributed by atoms with Crippen LogP contribution < -0.4 is 8.92 Å². The normalized spacial score (nSPS) is 15.0. The SMILES string of the molecule is COc1cc(/C=C2\SC(=O)N(Cc3ccc(Br)cc3)C2=O)cc(I)c1OS(=O)(=O)c1ccc(Cl)cc1. The van der Waals surface area contributed by atoms with Gasteiger partial charge in [-0.3, -0.25) is 14.5 Å². The maximum Gasteiger partial charge on any atom is 0.339 e. The molecule has 0 aromatic heterocycles. The van der Waals surface area contributed by atoms with E-state index in [2.05, 4.69) is 15.9 Å². The van der Waals surface area contributed by atoms with Crippen molar-refractivity contribution in [2.45, 2.75) is 11.4 Å². The van der Waals surface area contributed by atoms with E-state index in [1.54, 1.807) is 12.1 Å². The second kappa shape index (κ2) is 11.1. The number of benzene rings is 3. The number of methoxy groups -OCH3 is 1. The topological polar surface area (TPSA) is 90.0 Å². The third-order valence-electron chi connectivity index (χ3n) is 4.97. The van der Waals surface area contributed by atoms with Gasteiger partial charge in [0.05, 0.1) is 22.1 Å². The molecular weight excluding hydrogens is 705 g/mol. The lowest BCUT2D eigenvalue weighted by molar-refractivity contribution is -0.123. The molecule has 3 aromatic rings. The lowest BCUT2D eigenvalue weighted by Gasteiger charge is -2.14. The predicted octanol–water partition coefficient (Wildman–Crippen LogP) is 6.72. The Bertz CT molecular complexity index is 1480. The smallest absolute Gasteiger partial charge is 0.339 e. The van der Waals surface area contributed by atoms with Gasteiger partial charge in [-0.1, -0.05) is 39.7 Å². The summed E-state index contributed by atoms with van der Waals surface area (Å²) in [5.74, 6) is -0.249. The quantitative estimate of drug-likeness (QED) is 0.152. The zero-order chi connectivity index (χ0) is 26.0. The van der Waals surface area contributed by atoms with Crippen LogP contribution in [0.25, 0.3) is 6.08 Å². The number of imide groups is 1. The Morgan fingerprint density at radius 2 is 1.75 bits per heavy atom. The van der Waals surface area contributed by atoms with Gasteiger partial charge in [0.15, 0.2) is 11.5 Å². The van der Waals surface area contributed by atoms with Gasteiger partial charge in [-0.05, 0) is 100 Å². The summed E-state index contributed by atoms with van der Waals surface area (Å²) in [5.41, 5.74) is 1.36. The standard InChI is InChI=1S/C24H16BrClINO6S2/c1-33-20-11-15(10-19(27)22(20)34-36(31,32)18-8-6-17(26)7-9-18)12-21-23(29)28(24(30)35-21)13-14-2-4-16(25)5-3-14/h2-12H,13H2,1H3/b21-12-. The molecule has 0 N–H and O–H groups in total. The molecule has 12 heteroatoms. The van der Waals surface area contributed by atoms with E-state index in [9.17, 15) is 18.0 Å². The van der Waals surface area contributed by atoms with Crippen molar-refractivity contribution in [3.05, 3.63) is 89.8 Å². The highest BCUT2D eigenvalue weighted by Gasteiger charge is 2.35. The van der Waals surface area contributed by atoms with Crippen LogP contribution >= 0.6 is 61.9 Å². The molecule has 0 bridgehead atoms. The zero-order valence-corrected chi connectivity index (χ0v) is 24.5. The fourth-order valence-corrected chi connectivity index (χ4v) is 6.29. The molecule has 4 rings (SSSR count). The van der Waals surface area contributed by atoms with Crippen LogP contribution in [0.5, 0.6) is 11.5 Å². The van der Waals surface area contributed by atoms with E-state index >= 15 is 0 Å². The molecule has 1 heterocycles. The van der Waals surface area contributed by atoms with E-state index in [1.165, 1.54) is 42.3 Å². The number of carbonyl (C=O) groups is 2. The molecule has 0 radical (unpaired) electrons. The number of nitrogens with zero attached hydrogens (tertiary/aromatic N) is 1. The van der Waals surface area contributed by atoms with Crippen LogP contribution in [0, 0.1) is 3.57 Å². The van der Waals surface area contributed by atoms with Crippen molar-refractivity contribution in [1.82, 2.24) is 4.90 Å². The summed E-state index contributed by atoms with van der Waals surface area (Å²) >= 11 is 12.0. The zero-order valence-electron chi connectivity index (χ0n) is 18.4. The molecule has 1 aliphatic rings. The number of hydrogen-bond donors (Lipinski definition) is 0. The molecule has 36 heavy (non-hydrogen) atoms. The molecule has 0 saturated carbocycles. The van der Waals surface area contributed by atoms with Crippen LogP contribution in [0.2, 0.25) is 5.02 Å². The molecule has 1 saturated heterocycles. The fourth-order valence-electron chi connectivity index (χ4n) is 3.22. The van der Waals surface area contributed by atoms with E-state index < -0.39 is 16.0 Å². The second-order valence-electron chi connectivity index (χ2n) is 7.42. The van der Waals surface area contributed by atoms with Crippen LogP contribution in [-0.2, 0) is 21.5 Å². The van der Waals surface area contributed by atoms with Gasteiger partial charge in [-0.2, -0.15) is 8.42 Å². The van der Waals surface area contributed by atoms with Crippen molar-refractivity contribution in [2.75, 3.05) is 7.11 Å². The second-order valence-corrected chi connectivity index (χ2v) is 12.5. The summed E-state index contributed by atoms with van der Waals surface area (Å²) in [6, 6.07) is 16.1. The lowest BCUT2D eigenvalue weighted by atomic mass is 10.1. The molecule has 2 amide bonds. The summed E-state index contributed by atoms with van der Waals surface area (Å²) < 4.78 is 37.6. The molecule has 0 aliphatic carbocycles. The Labute approximate surface area is 239 Å². The van der Waals surface area contributed by atoms with E-state index in [-0.39, 0.29) is 33.1 Å². The number of thioether (sulfide) groups is 1. The average molecular weight is 721 g/mol. The van der Waals surface area contributed by atoms with Crippen LogP contribution in [0.15, 0.2) is 74.9 Å². The average Bonchev–Trinajstić information content (AvgIpc) is 3.09. The molecule has 0 unspecified atom stereocenters. The first kappa shape index (κ1) is 27.0. The van der Waals surface area contributed by atoms with Crippen molar-refractivity contribution in [3.63, 3.8) is 0 Å². The van der Waals surface area contributed by atoms with E-state index in [0.717, 1.165) is 21.8 Å². The molecule has 3 aromatic carbocycles. The van der Waals surface area contributed by atoms with Crippen LogP contribution in [0.1, 0.15) is 11.1 Å². The van der Waals surface area contributed by atoms with Crippen molar-refractivity contribution in [3.8, 4) is 11.5 Å².